The van der Waals surface area contributed by atoms with Crippen LogP contribution in [0.25, 0.3) is 22.6 Å². The van der Waals surface area contributed by atoms with Crippen LogP contribution in [0.2, 0.25) is 5.02 Å². The summed E-state index contributed by atoms with van der Waals surface area (Å²) in [5, 5.41) is 0.617. The Morgan fingerprint density at radius 2 is 1.58 bits per heavy atom. The third-order valence-electron chi connectivity index (χ3n) is 4.83. The fourth-order valence-corrected chi connectivity index (χ4v) is 3.82. The summed E-state index contributed by atoms with van der Waals surface area (Å²) in [6, 6.07) is 22.8. The van der Waals surface area contributed by atoms with Crippen molar-refractivity contribution in [3.63, 3.8) is 0 Å². The number of hydrogen-bond acceptors (Lipinski definition) is 4. The summed E-state index contributed by atoms with van der Waals surface area (Å²) in [7, 11) is 0. The summed E-state index contributed by atoms with van der Waals surface area (Å²) in [5.74, 6) is 1.84. The van der Waals surface area contributed by atoms with Crippen LogP contribution in [0.3, 0.4) is 0 Å². The maximum atomic E-state index is 12.5. The van der Waals surface area contributed by atoms with Gasteiger partial charge in [-0.2, -0.15) is 0 Å². The van der Waals surface area contributed by atoms with Crippen molar-refractivity contribution in [2.45, 2.75) is 20.8 Å². The molecule has 154 valence electrons. The van der Waals surface area contributed by atoms with Gasteiger partial charge in [-0.1, -0.05) is 41.9 Å². The number of para-hydroxylation sites is 1. The summed E-state index contributed by atoms with van der Waals surface area (Å²) in [6.45, 7) is 5.33. The molecule has 4 aromatic rings. The Morgan fingerprint density at radius 3 is 2.29 bits per heavy atom. The number of rotatable bonds is 5. The number of carbonyl (C=O) groups is 1. The van der Waals surface area contributed by atoms with Gasteiger partial charge in [-0.15, -0.1) is 0 Å². The smallest absolute Gasteiger partial charge is 0.163 e. The number of aryl methyl sites for hydroxylation is 2. The molecule has 0 atom stereocenters. The third kappa shape index (κ3) is 4.65. The molecule has 0 aliphatic carbocycles. The van der Waals surface area contributed by atoms with Gasteiger partial charge in [0.05, 0.1) is 17.0 Å². The van der Waals surface area contributed by atoms with E-state index in [-0.39, 0.29) is 5.78 Å². The Balaban J connectivity index is 1.84. The second kappa shape index (κ2) is 8.70. The first-order chi connectivity index (χ1) is 14.9. The average Bonchev–Trinajstić information content (AvgIpc) is 2.73. The van der Waals surface area contributed by atoms with Crippen LogP contribution >= 0.6 is 11.6 Å². The van der Waals surface area contributed by atoms with E-state index in [1.54, 1.807) is 0 Å². The number of hydrogen-bond donors (Lipinski definition) is 0. The molecule has 0 N–H and O–H groups in total. The number of halogens is 1. The number of carbonyl (C=O) groups excluding carboxylic acids is 1. The van der Waals surface area contributed by atoms with E-state index in [4.69, 9.17) is 21.3 Å². The molecule has 0 spiro atoms. The molecule has 31 heavy (non-hydrogen) atoms. The van der Waals surface area contributed by atoms with Crippen molar-refractivity contribution in [1.82, 2.24) is 9.97 Å². The lowest BCUT2D eigenvalue weighted by Crippen LogP contribution is -2.07. The van der Waals surface area contributed by atoms with Gasteiger partial charge in [-0.3, -0.25) is 4.79 Å². The van der Waals surface area contributed by atoms with Crippen LogP contribution < -0.4 is 4.74 Å². The predicted octanol–water partition coefficient (Wildman–Crippen LogP) is 7.08. The van der Waals surface area contributed by atoms with Crippen LogP contribution in [0.5, 0.6) is 11.5 Å². The molecule has 1 heterocycles. The monoisotopic (exact) mass is 428 g/mol. The van der Waals surface area contributed by atoms with Gasteiger partial charge < -0.3 is 4.74 Å². The lowest BCUT2D eigenvalue weighted by atomic mass is 10.0. The number of ketones is 1. The van der Waals surface area contributed by atoms with Gasteiger partial charge >= 0.3 is 0 Å². The Morgan fingerprint density at radius 1 is 0.839 bits per heavy atom. The number of ether oxygens (including phenoxy) is 1. The van der Waals surface area contributed by atoms with Crippen molar-refractivity contribution >= 4 is 17.4 Å². The van der Waals surface area contributed by atoms with Crippen molar-refractivity contribution in [3.8, 4) is 34.1 Å². The molecule has 5 heteroatoms. The van der Waals surface area contributed by atoms with Crippen LogP contribution in [-0.2, 0) is 0 Å². The third-order valence-corrected chi connectivity index (χ3v) is 5.05. The van der Waals surface area contributed by atoms with E-state index in [0.717, 1.165) is 22.4 Å². The van der Waals surface area contributed by atoms with E-state index in [1.807, 2.05) is 86.6 Å². The molecule has 3 aromatic carbocycles. The van der Waals surface area contributed by atoms with E-state index in [1.165, 1.54) is 6.92 Å². The quantitative estimate of drug-likeness (QED) is 0.319. The molecule has 0 aliphatic heterocycles. The number of aromatic nitrogens is 2. The average molecular weight is 429 g/mol. The molecule has 0 saturated carbocycles. The van der Waals surface area contributed by atoms with Crippen molar-refractivity contribution in [2.24, 2.45) is 0 Å². The van der Waals surface area contributed by atoms with Crippen molar-refractivity contribution in [2.75, 3.05) is 0 Å². The highest BCUT2D eigenvalue weighted by Crippen LogP contribution is 2.32. The zero-order chi connectivity index (χ0) is 22.0. The molecule has 0 bridgehead atoms. The minimum Gasteiger partial charge on any atom is -0.457 e. The van der Waals surface area contributed by atoms with Crippen LogP contribution in [0.1, 0.15) is 28.5 Å². The second-order valence-corrected chi connectivity index (χ2v) is 7.81. The zero-order valence-electron chi connectivity index (χ0n) is 17.5. The Kier molecular flexibility index (Phi) is 5.83. The normalized spacial score (nSPS) is 10.7. The fourth-order valence-electron chi connectivity index (χ4n) is 3.53. The van der Waals surface area contributed by atoms with E-state index in [0.29, 0.717) is 33.5 Å². The lowest BCUT2D eigenvalue weighted by Gasteiger charge is -2.13. The van der Waals surface area contributed by atoms with Crippen LogP contribution in [0.4, 0.5) is 0 Å². The maximum Gasteiger partial charge on any atom is 0.163 e. The molecule has 4 nitrogen and oxygen atoms in total. The van der Waals surface area contributed by atoms with E-state index >= 15 is 0 Å². The minimum atomic E-state index is -0.0873. The molecule has 0 fully saturated rings. The van der Waals surface area contributed by atoms with Crippen molar-refractivity contribution in [3.05, 3.63) is 94.6 Å². The molecule has 0 amide bonds. The van der Waals surface area contributed by atoms with Crippen LogP contribution in [-0.4, -0.2) is 15.8 Å². The molecule has 1 aromatic heterocycles. The largest absolute Gasteiger partial charge is 0.457 e. The number of Topliss-reactive ketones (excluding diaryl/α,β-unsaturated/α-hetero) is 1. The molecular weight excluding hydrogens is 408 g/mol. The van der Waals surface area contributed by atoms with Gasteiger partial charge in [-0.05, 0) is 68.8 Å². The highest BCUT2D eigenvalue weighted by Gasteiger charge is 2.19. The number of nitrogens with zero attached hydrogens (tertiary/aromatic N) is 2. The topological polar surface area (TPSA) is 52.1 Å². The van der Waals surface area contributed by atoms with Gasteiger partial charge in [0.2, 0.25) is 0 Å². The van der Waals surface area contributed by atoms with Crippen molar-refractivity contribution in [1.29, 1.82) is 0 Å². The van der Waals surface area contributed by atoms with Gasteiger partial charge in [0.25, 0.3) is 0 Å². The minimum absolute atomic E-state index is 0.0873. The number of benzene rings is 3. The highest BCUT2D eigenvalue weighted by molar-refractivity contribution is 6.30. The first-order valence-corrected chi connectivity index (χ1v) is 10.3. The van der Waals surface area contributed by atoms with Gasteiger partial charge in [0.1, 0.15) is 11.5 Å². The second-order valence-electron chi connectivity index (χ2n) is 7.37. The highest BCUT2D eigenvalue weighted by atomic mass is 35.5. The molecule has 0 saturated heterocycles. The Bertz CT molecular complexity index is 1250. The summed E-state index contributed by atoms with van der Waals surface area (Å²) >= 11 is 6.25. The predicted molar refractivity (Wildman–Crippen MR) is 124 cm³/mol. The summed E-state index contributed by atoms with van der Waals surface area (Å²) < 4.78 is 5.97. The standard InChI is InChI=1S/C26H21ClN2O2/c1-16-12-20(14-21(27)13-16)26-28-17(2)24(18(3)30)25(29-26)19-8-7-11-23(15-19)31-22-9-5-4-6-10-22/h4-15H,1-3H3. The summed E-state index contributed by atoms with van der Waals surface area (Å²) in [6.07, 6.45) is 0. The first kappa shape index (κ1) is 20.8. The van der Waals surface area contributed by atoms with E-state index < -0.39 is 0 Å². The fraction of sp³-hybridized carbons (Fsp3) is 0.115. The van der Waals surface area contributed by atoms with E-state index in [2.05, 4.69) is 4.98 Å². The first-order valence-electron chi connectivity index (χ1n) is 9.91. The van der Waals surface area contributed by atoms with Gasteiger partial charge in [-0.25, -0.2) is 9.97 Å². The van der Waals surface area contributed by atoms with Crippen LogP contribution in [0, 0.1) is 13.8 Å². The SMILES string of the molecule is CC(=O)c1c(C)nc(-c2cc(C)cc(Cl)c2)nc1-c1cccc(Oc2ccccc2)c1. The lowest BCUT2D eigenvalue weighted by molar-refractivity contribution is 0.101. The van der Waals surface area contributed by atoms with Gasteiger partial charge in [0, 0.05) is 16.1 Å². The molecule has 0 unspecified atom stereocenters. The summed E-state index contributed by atoms with van der Waals surface area (Å²) in [4.78, 5) is 21.8. The zero-order valence-corrected chi connectivity index (χ0v) is 18.3. The molecule has 0 aliphatic rings. The molecular formula is C26H21ClN2O2. The summed E-state index contributed by atoms with van der Waals surface area (Å²) in [5.41, 5.74) is 4.30. The van der Waals surface area contributed by atoms with E-state index in [9.17, 15) is 4.79 Å². The maximum absolute atomic E-state index is 12.5. The van der Waals surface area contributed by atoms with Crippen molar-refractivity contribution < 1.29 is 9.53 Å². The Hall–Kier alpha value is -3.50. The molecule has 0 radical (unpaired) electrons. The molecule has 4 rings (SSSR count). The van der Waals surface area contributed by atoms with Gasteiger partial charge in [0.15, 0.2) is 11.6 Å². The Labute approximate surface area is 186 Å². The van der Waals surface area contributed by atoms with Crippen LogP contribution in [0.15, 0.2) is 72.8 Å².